The van der Waals surface area contributed by atoms with Crippen LogP contribution >= 0.6 is 0 Å². The van der Waals surface area contributed by atoms with Crippen LogP contribution in [0.1, 0.15) is 6.92 Å². The Morgan fingerprint density at radius 1 is 1.03 bits per heavy atom. The highest BCUT2D eigenvalue weighted by Gasteiger charge is 2.26. The zero-order valence-corrected chi connectivity index (χ0v) is 20.7. The van der Waals surface area contributed by atoms with E-state index in [0.717, 1.165) is 5.69 Å². The Balaban J connectivity index is 1.32. The summed E-state index contributed by atoms with van der Waals surface area (Å²) in [6.07, 6.45) is 2.69. The third-order valence-corrected chi connectivity index (χ3v) is 7.14. The molecule has 0 aliphatic carbocycles. The van der Waals surface area contributed by atoms with Gasteiger partial charge in [0.25, 0.3) is 10.0 Å². The van der Waals surface area contributed by atoms with Gasteiger partial charge in [0.1, 0.15) is 23.9 Å². The first-order chi connectivity index (χ1) is 17.7. The zero-order valence-electron chi connectivity index (χ0n) is 19.9. The quantitative estimate of drug-likeness (QED) is 0.432. The molecule has 37 heavy (non-hydrogen) atoms. The SMILES string of the molecule is CC(Nc1ccccc1OC(F)F)C(=O)N1CCN(c2ccc(S(=O)(=O)Nc3ccncn3)cc2)CC1. The van der Waals surface area contributed by atoms with Crippen molar-refractivity contribution in [1.82, 2.24) is 14.9 Å². The lowest BCUT2D eigenvalue weighted by Crippen LogP contribution is -2.52. The van der Waals surface area contributed by atoms with Crippen LogP contribution in [0.15, 0.2) is 72.0 Å². The maximum atomic E-state index is 13.0. The molecule has 0 saturated carbocycles. The molecule has 3 aromatic rings. The molecule has 13 heteroatoms. The standard InChI is InChI=1S/C24H26F2N6O4S/c1-17(29-20-4-2-3-5-21(20)36-24(25)26)23(33)32-14-12-31(13-15-32)18-6-8-19(9-7-18)37(34,35)30-22-10-11-27-16-28-22/h2-11,16-17,24,29H,12-15H2,1H3,(H,27,28,30). The van der Waals surface area contributed by atoms with E-state index in [1.165, 1.54) is 36.8 Å². The van der Waals surface area contributed by atoms with Crippen LogP contribution in [0.25, 0.3) is 0 Å². The van der Waals surface area contributed by atoms with Gasteiger partial charge in [0.05, 0.1) is 10.6 Å². The molecule has 1 fully saturated rings. The smallest absolute Gasteiger partial charge is 0.387 e. The lowest BCUT2D eigenvalue weighted by molar-refractivity contribution is -0.131. The van der Waals surface area contributed by atoms with Gasteiger partial charge in [0.15, 0.2) is 0 Å². The van der Waals surface area contributed by atoms with E-state index in [9.17, 15) is 22.0 Å². The van der Waals surface area contributed by atoms with Crippen LogP contribution in [0.4, 0.5) is 26.0 Å². The van der Waals surface area contributed by atoms with Crippen LogP contribution in [0.2, 0.25) is 0 Å². The lowest BCUT2D eigenvalue weighted by Gasteiger charge is -2.37. The number of aromatic nitrogens is 2. The van der Waals surface area contributed by atoms with Gasteiger partial charge in [-0.1, -0.05) is 12.1 Å². The van der Waals surface area contributed by atoms with E-state index in [-0.39, 0.29) is 22.4 Å². The minimum absolute atomic E-state index is 0.0281. The third kappa shape index (κ3) is 6.61. The van der Waals surface area contributed by atoms with Gasteiger partial charge in [-0.25, -0.2) is 18.4 Å². The van der Waals surface area contributed by atoms with Crippen molar-refractivity contribution < 1.29 is 26.7 Å². The maximum absolute atomic E-state index is 13.0. The summed E-state index contributed by atoms with van der Waals surface area (Å²) in [6, 6.07) is 13.5. The number of carbonyl (C=O) groups is 1. The molecular formula is C24H26F2N6O4S. The minimum Gasteiger partial charge on any atom is -0.433 e. The van der Waals surface area contributed by atoms with Crippen LogP contribution in [0, 0.1) is 0 Å². The zero-order chi connectivity index (χ0) is 26.4. The van der Waals surface area contributed by atoms with Crippen molar-refractivity contribution >= 4 is 33.1 Å². The Bertz CT molecular complexity index is 1300. The van der Waals surface area contributed by atoms with Gasteiger partial charge in [-0.15, -0.1) is 0 Å². The normalized spacial score (nSPS) is 14.8. The van der Waals surface area contributed by atoms with Crippen molar-refractivity contribution in [2.45, 2.75) is 24.5 Å². The molecule has 10 nitrogen and oxygen atoms in total. The summed E-state index contributed by atoms with van der Waals surface area (Å²) >= 11 is 0. The van der Waals surface area contributed by atoms with Crippen molar-refractivity contribution in [3.05, 3.63) is 67.1 Å². The Morgan fingerprint density at radius 2 is 1.73 bits per heavy atom. The molecule has 2 heterocycles. The van der Waals surface area contributed by atoms with E-state index >= 15 is 0 Å². The Kier molecular flexibility index (Phi) is 8.01. The molecule has 0 spiro atoms. The number of para-hydroxylation sites is 2. The van der Waals surface area contributed by atoms with E-state index in [0.29, 0.717) is 31.9 Å². The average molecular weight is 533 g/mol. The summed E-state index contributed by atoms with van der Waals surface area (Å²) in [5, 5.41) is 2.96. The van der Waals surface area contributed by atoms with E-state index in [4.69, 9.17) is 0 Å². The third-order valence-electron chi connectivity index (χ3n) is 5.77. The van der Waals surface area contributed by atoms with Crippen molar-refractivity contribution in [1.29, 1.82) is 0 Å². The van der Waals surface area contributed by atoms with Gasteiger partial charge in [-0.3, -0.25) is 9.52 Å². The largest absolute Gasteiger partial charge is 0.433 e. The van der Waals surface area contributed by atoms with Crippen LogP contribution in [-0.2, 0) is 14.8 Å². The van der Waals surface area contributed by atoms with Gasteiger partial charge in [-0.05, 0) is 49.4 Å². The van der Waals surface area contributed by atoms with Gasteiger partial charge in [0.2, 0.25) is 5.91 Å². The molecule has 2 aromatic carbocycles. The maximum Gasteiger partial charge on any atom is 0.387 e. The molecule has 1 unspecified atom stereocenters. The molecule has 1 aliphatic heterocycles. The number of anilines is 3. The first-order valence-corrected chi connectivity index (χ1v) is 12.9. The summed E-state index contributed by atoms with van der Waals surface area (Å²) < 4.78 is 57.4. The van der Waals surface area contributed by atoms with Gasteiger partial charge in [-0.2, -0.15) is 8.78 Å². The topological polar surface area (TPSA) is 117 Å². The number of amides is 1. The minimum atomic E-state index is -3.80. The predicted octanol–water partition coefficient (Wildman–Crippen LogP) is 3.03. The van der Waals surface area contributed by atoms with E-state index in [1.54, 1.807) is 42.2 Å². The molecule has 1 aliphatic rings. The van der Waals surface area contributed by atoms with Crippen LogP contribution in [-0.4, -0.2) is 68.0 Å². The van der Waals surface area contributed by atoms with Crippen molar-refractivity contribution in [2.24, 2.45) is 0 Å². The van der Waals surface area contributed by atoms with Gasteiger partial charge < -0.3 is 19.9 Å². The molecule has 1 aromatic heterocycles. The number of carbonyl (C=O) groups excluding carboxylic acids is 1. The van der Waals surface area contributed by atoms with Crippen molar-refractivity contribution in [3.63, 3.8) is 0 Å². The lowest BCUT2D eigenvalue weighted by atomic mass is 10.2. The summed E-state index contributed by atoms with van der Waals surface area (Å²) in [4.78, 5) is 24.4. The van der Waals surface area contributed by atoms with Crippen molar-refractivity contribution in [3.8, 4) is 5.75 Å². The number of nitrogens with zero attached hydrogens (tertiary/aromatic N) is 4. The van der Waals surface area contributed by atoms with Gasteiger partial charge >= 0.3 is 6.61 Å². The number of nitrogens with one attached hydrogen (secondary N) is 2. The molecule has 2 N–H and O–H groups in total. The molecule has 1 saturated heterocycles. The number of rotatable bonds is 9. The fraction of sp³-hybridized carbons (Fsp3) is 0.292. The average Bonchev–Trinajstić information content (AvgIpc) is 2.89. The number of ether oxygens (including phenoxy) is 1. The van der Waals surface area contributed by atoms with Crippen LogP contribution < -0.4 is 19.7 Å². The number of hydrogen-bond donors (Lipinski definition) is 2. The molecule has 0 bridgehead atoms. The first kappa shape index (κ1) is 26.1. The Hall–Kier alpha value is -4.00. The number of alkyl halides is 2. The number of piperazine rings is 1. The summed E-state index contributed by atoms with van der Waals surface area (Å²) in [6.45, 7) is 0.711. The highest BCUT2D eigenvalue weighted by atomic mass is 32.2. The number of hydrogen-bond acceptors (Lipinski definition) is 8. The van der Waals surface area contributed by atoms with E-state index in [1.807, 2.05) is 0 Å². The fourth-order valence-corrected chi connectivity index (χ4v) is 4.93. The van der Waals surface area contributed by atoms with Gasteiger partial charge in [0, 0.05) is 38.1 Å². The van der Waals surface area contributed by atoms with Crippen molar-refractivity contribution in [2.75, 3.05) is 41.1 Å². The molecular weight excluding hydrogens is 506 g/mol. The summed E-state index contributed by atoms with van der Waals surface area (Å²) in [7, 11) is -3.80. The number of sulfonamides is 1. The number of halogens is 2. The second-order valence-electron chi connectivity index (χ2n) is 8.25. The molecule has 196 valence electrons. The number of benzene rings is 2. The Morgan fingerprint density at radius 3 is 2.38 bits per heavy atom. The molecule has 1 atom stereocenters. The molecule has 1 amide bonds. The highest BCUT2D eigenvalue weighted by Crippen LogP contribution is 2.27. The fourth-order valence-electron chi connectivity index (χ4n) is 3.92. The van der Waals surface area contributed by atoms with Crippen LogP contribution in [0.5, 0.6) is 5.75 Å². The molecule has 4 rings (SSSR count). The summed E-state index contributed by atoms with van der Waals surface area (Å²) in [5.41, 5.74) is 1.14. The predicted molar refractivity (Wildman–Crippen MR) is 134 cm³/mol. The Labute approximate surface area is 213 Å². The highest BCUT2D eigenvalue weighted by molar-refractivity contribution is 7.92. The monoisotopic (exact) mass is 532 g/mol. The van der Waals surface area contributed by atoms with Crippen LogP contribution in [0.3, 0.4) is 0 Å². The molecule has 0 radical (unpaired) electrons. The second kappa shape index (κ2) is 11.4. The summed E-state index contributed by atoms with van der Waals surface area (Å²) in [5.74, 6) is -0.0166. The van der Waals surface area contributed by atoms with E-state index in [2.05, 4.69) is 29.6 Å². The van der Waals surface area contributed by atoms with E-state index < -0.39 is 22.7 Å². The second-order valence-corrected chi connectivity index (χ2v) is 9.93. The first-order valence-electron chi connectivity index (χ1n) is 11.5.